The maximum absolute atomic E-state index is 10.5. The predicted molar refractivity (Wildman–Crippen MR) is 81.8 cm³/mol. The lowest BCUT2D eigenvalue weighted by atomic mass is 10.1. The van der Waals surface area contributed by atoms with Gasteiger partial charge in [0.15, 0.2) is 0 Å². The van der Waals surface area contributed by atoms with Crippen LogP contribution in [0.4, 0.5) is 5.69 Å². The van der Waals surface area contributed by atoms with E-state index in [0.29, 0.717) is 5.69 Å². The van der Waals surface area contributed by atoms with Crippen LogP contribution in [0.2, 0.25) is 0 Å². The summed E-state index contributed by atoms with van der Waals surface area (Å²) >= 11 is 1.40. The lowest BCUT2D eigenvalue weighted by molar-refractivity contribution is 0.225. The maximum atomic E-state index is 10.5. The van der Waals surface area contributed by atoms with Crippen LogP contribution in [-0.4, -0.2) is 15.3 Å². The molecular formula is C15H15N3OS. The molecule has 0 aliphatic carbocycles. The van der Waals surface area contributed by atoms with Gasteiger partial charge in [0.25, 0.3) is 0 Å². The average Bonchev–Trinajstić information content (AvgIpc) is 2.81. The number of thiophene rings is 1. The quantitative estimate of drug-likeness (QED) is 0.759. The number of aromatic nitrogens is 2. The highest BCUT2D eigenvalue weighted by atomic mass is 32.1. The van der Waals surface area contributed by atoms with Gasteiger partial charge in [0, 0.05) is 5.39 Å². The van der Waals surface area contributed by atoms with Crippen LogP contribution in [0.25, 0.3) is 10.2 Å². The number of rotatable bonds is 2. The fourth-order valence-corrected chi connectivity index (χ4v) is 3.36. The number of anilines is 1. The first kappa shape index (κ1) is 13.0. The highest BCUT2D eigenvalue weighted by molar-refractivity contribution is 7.19. The molecule has 0 aliphatic rings. The van der Waals surface area contributed by atoms with Gasteiger partial charge in [-0.3, -0.25) is 0 Å². The summed E-state index contributed by atoms with van der Waals surface area (Å²) in [6.45, 7) is 3.89. The van der Waals surface area contributed by atoms with E-state index in [2.05, 4.69) is 10.2 Å². The highest BCUT2D eigenvalue weighted by Crippen LogP contribution is 2.40. The molecule has 0 bridgehead atoms. The van der Waals surface area contributed by atoms with Crippen molar-refractivity contribution in [1.82, 2.24) is 10.2 Å². The topological polar surface area (TPSA) is 72.0 Å². The van der Waals surface area contributed by atoms with Crippen LogP contribution in [-0.2, 0) is 0 Å². The van der Waals surface area contributed by atoms with Crippen molar-refractivity contribution in [2.75, 3.05) is 5.73 Å². The van der Waals surface area contributed by atoms with Gasteiger partial charge in [-0.05, 0) is 25.0 Å². The zero-order valence-electron chi connectivity index (χ0n) is 11.3. The van der Waals surface area contributed by atoms with Crippen molar-refractivity contribution in [1.29, 1.82) is 0 Å². The van der Waals surface area contributed by atoms with E-state index in [1.54, 1.807) is 0 Å². The minimum atomic E-state index is -0.727. The van der Waals surface area contributed by atoms with Gasteiger partial charge in [-0.2, -0.15) is 5.10 Å². The van der Waals surface area contributed by atoms with Crippen molar-refractivity contribution in [2.45, 2.75) is 20.0 Å². The Bertz CT molecular complexity index is 768. The Kier molecular flexibility index (Phi) is 3.16. The molecule has 5 heteroatoms. The first-order valence-electron chi connectivity index (χ1n) is 6.34. The molecule has 102 valence electrons. The van der Waals surface area contributed by atoms with Crippen molar-refractivity contribution in [3.8, 4) is 0 Å². The van der Waals surface area contributed by atoms with Crippen molar-refractivity contribution >= 4 is 27.2 Å². The normalized spacial score (nSPS) is 12.8. The monoisotopic (exact) mass is 285 g/mol. The van der Waals surface area contributed by atoms with Crippen LogP contribution in [0.15, 0.2) is 30.3 Å². The SMILES string of the molecule is Cc1nnc2sc(C(O)c3ccccc3)c(N)c2c1C. The average molecular weight is 285 g/mol. The summed E-state index contributed by atoms with van der Waals surface area (Å²) in [7, 11) is 0. The Morgan fingerprint density at radius 2 is 1.85 bits per heavy atom. The summed E-state index contributed by atoms with van der Waals surface area (Å²) in [4.78, 5) is 1.50. The first-order valence-corrected chi connectivity index (χ1v) is 7.16. The van der Waals surface area contributed by atoms with E-state index in [1.807, 2.05) is 44.2 Å². The summed E-state index contributed by atoms with van der Waals surface area (Å²) in [5.74, 6) is 0. The molecule has 2 heterocycles. The molecular weight excluding hydrogens is 270 g/mol. The third kappa shape index (κ3) is 1.95. The molecule has 3 rings (SSSR count). The number of hydrogen-bond acceptors (Lipinski definition) is 5. The highest BCUT2D eigenvalue weighted by Gasteiger charge is 2.21. The Morgan fingerprint density at radius 1 is 1.15 bits per heavy atom. The van der Waals surface area contributed by atoms with Gasteiger partial charge < -0.3 is 10.8 Å². The number of aliphatic hydroxyl groups excluding tert-OH is 1. The number of nitrogens with zero attached hydrogens (tertiary/aromatic N) is 2. The molecule has 1 atom stereocenters. The maximum Gasteiger partial charge on any atom is 0.148 e. The standard InChI is InChI=1S/C15H15N3OS/c1-8-9(2)17-18-15-11(8)12(16)14(20-15)13(19)10-6-4-3-5-7-10/h3-7,13,19H,16H2,1-2H3. The van der Waals surface area contributed by atoms with Crippen LogP contribution < -0.4 is 5.73 Å². The molecule has 0 saturated carbocycles. The summed E-state index contributed by atoms with van der Waals surface area (Å²) in [5.41, 5.74) is 9.55. The number of benzene rings is 1. The summed E-state index contributed by atoms with van der Waals surface area (Å²) in [6, 6.07) is 9.49. The van der Waals surface area contributed by atoms with E-state index in [-0.39, 0.29) is 0 Å². The number of nitrogens with two attached hydrogens (primary N) is 1. The Labute approximate surface area is 120 Å². The van der Waals surface area contributed by atoms with Crippen molar-refractivity contribution in [3.63, 3.8) is 0 Å². The molecule has 1 unspecified atom stereocenters. The number of aryl methyl sites for hydroxylation is 2. The fraction of sp³-hybridized carbons (Fsp3) is 0.200. The molecule has 0 radical (unpaired) electrons. The molecule has 0 spiro atoms. The molecule has 3 aromatic rings. The van der Waals surface area contributed by atoms with Crippen LogP contribution in [0, 0.1) is 13.8 Å². The molecule has 0 fully saturated rings. The lowest BCUT2D eigenvalue weighted by Crippen LogP contribution is -2.00. The molecule has 0 saturated heterocycles. The van der Waals surface area contributed by atoms with Crippen molar-refractivity contribution in [2.24, 2.45) is 0 Å². The molecule has 20 heavy (non-hydrogen) atoms. The molecule has 4 nitrogen and oxygen atoms in total. The van der Waals surface area contributed by atoms with Gasteiger partial charge in [-0.1, -0.05) is 30.3 Å². The van der Waals surface area contributed by atoms with Crippen LogP contribution in [0.3, 0.4) is 0 Å². The zero-order chi connectivity index (χ0) is 14.3. The van der Waals surface area contributed by atoms with Crippen molar-refractivity contribution < 1.29 is 5.11 Å². The van der Waals surface area contributed by atoms with Gasteiger partial charge in [0.2, 0.25) is 0 Å². The summed E-state index contributed by atoms with van der Waals surface area (Å²) in [5, 5.41) is 19.7. The fourth-order valence-electron chi connectivity index (χ4n) is 2.25. The number of aliphatic hydroxyl groups is 1. The van der Waals surface area contributed by atoms with E-state index < -0.39 is 6.10 Å². The van der Waals surface area contributed by atoms with E-state index in [0.717, 1.165) is 31.9 Å². The summed E-state index contributed by atoms with van der Waals surface area (Å²) in [6.07, 6.45) is -0.727. The number of hydrogen-bond donors (Lipinski definition) is 2. The predicted octanol–water partition coefficient (Wildman–Crippen LogP) is 2.97. The van der Waals surface area contributed by atoms with E-state index in [4.69, 9.17) is 5.73 Å². The Morgan fingerprint density at radius 3 is 2.55 bits per heavy atom. The van der Waals surface area contributed by atoms with Gasteiger partial charge >= 0.3 is 0 Å². The third-order valence-electron chi connectivity index (χ3n) is 3.53. The molecule has 3 N–H and O–H groups in total. The first-order chi connectivity index (χ1) is 9.59. The summed E-state index contributed by atoms with van der Waals surface area (Å²) < 4.78 is 0. The number of nitrogen functional groups attached to an aromatic ring is 1. The minimum absolute atomic E-state index is 0.608. The van der Waals surface area contributed by atoms with Gasteiger partial charge in [-0.15, -0.1) is 16.4 Å². The van der Waals surface area contributed by atoms with Gasteiger partial charge in [-0.25, -0.2) is 0 Å². The molecule has 1 aromatic carbocycles. The second-order valence-electron chi connectivity index (χ2n) is 4.78. The zero-order valence-corrected chi connectivity index (χ0v) is 12.1. The third-order valence-corrected chi connectivity index (χ3v) is 4.67. The van der Waals surface area contributed by atoms with Crippen LogP contribution in [0.1, 0.15) is 27.8 Å². The largest absolute Gasteiger partial charge is 0.397 e. The van der Waals surface area contributed by atoms with Gasteiger partial charge in [0.1, 0.15) is 10.9 Å². The van der Waals surface area contributed by atoms with Gasteiger partial charge in [0.05, 0.1) is 16.3 Å². The Balaban J connectivity index is 2.18. The molecule has 0 amide bonds. The second-order valence-corrected chi connectivity index (χ2v) is 5.81. The van der Waals surface area contributed by atoms with Crippen LogP contribution >= 0.6 is 11.3 Å². The van der Waals surface area contributed by atoms with Crippen LogP contribution in [0.5, 0.6) is 0 Å². The van der Waals surface area contributed by atoms with E-state index in [1.165, 1.54) is 11.3 Å². The minimum Gasteiger partial charge on any atom is -0.397 e. The Hall–Kier alpha value is -1.98. The second kappa shape index (κ2) is 4.85. The van der Waals surface area contributed by atoms with Crippen molar-refractivity contribution in [3.05, 3.63) is 52.0 Å². The van der Waals surface area contributed by atoms with E-state index >= 15 is 0 Å². The molecule has 0 aliphatic heterocycles. The number of fused-ring (bicyclic) bond motifs is 1. The molecule has 2 aromatic heterocycles. The van der Waals surface area contributed by atoms with E-state index in [9.17, 15) is 5.11 Å². The smallest absolute Gasteiger partial charge is 0.148 e. The lowest BCUT2D eigenvalue weighted by Gasteiger charge is -2.10.